The molecule has 3 N–H and O–H groups in total. The lowest BCUT2D eigenvalue weighted by molar-refractivity contribution is -0.143. The fraction of sp³-hybridized carbons (Fsp3) is 0.469. The molecule has 2 saturated heterocycles. The zero-order chi connectivity index (χ0) is 28.5. The van der Waals surface area contributed by atoms with Gasteiger partial charge >= 0.3 is 7.12 Å². The molecule has 6 rings (SSSR count). The van der Waals surface area contributed by atoms with Crippen molar-refractivity contribution in [2.45, 2.75) is 69.8 Å². The van der Waals surface area contributed by atoms with Crippen LogP contribution in [-0.4, -0.2) is 62.8 Å². The Morgan fingerprint density at radius 3 is 2.54 bits per heavy atom. The Morgan fingerprint density at radius 1 is 1.05 bits per heavy atom. The zero-order valence-electron chi connectivity index (χ0n) is 23.2. The number of carbonyl (C=O) groups excluding carboxylic acids is 2. The average molecular weight is 556 g/mol. The van der Waals surface area contributed by atoms with Gasteiger partial charge in [-0.3, -0.25) is 19.5 Å². The van der Waals surface area contributed by atoms with Gasteiger partial charge in [0.1, 0.15) is 5.75 Å². The van der Waals surface area contributed by atoms with Gasteiger partial charge in [-0.2, -0.15) is 0 Å². The fourth-order valence-electron chi connectivity index (χ4n) is 7.52. The van der Waals surface area contributed by atoms with E-state index in [1.165, 1.54) is 0 Å². The predicted octanol–water partition coefficient (Wildman–Crippen LogP) is 4.23. The van der Waals surface area contributed by atoms with E-state index in [1.54, 1.807) is 23.2 Å². The standard InChI is InChI=1S/C32H37BN2O6/c36-19-22-17-25-30(32(39)35(31(25)38)23-6-2-1-3-7-23)26-18-33(40)41-28(29(22)26)14-11-21(27-8-4-5-15-34-27)16-20-9-12-24(37)13-10-20/h4-5,8-10,12-13,15-16,23,25-26,28,30,36-37,40H,1-3,6-7,11,14,17-19H2/b21-16-/t25-,26+,28-,30-/m1/s1. The highest BCUT2D eigenvalue weighted by Gasteiger charge is 2.58. The van der Waals surface area contributed by atoms with Gasteiger partial charge in [-0.1, -0.05) is 37.5 Å². The molecule has 2 amide bonds. The normalized spacial score (nSPS) is 27.3. The van der Waals surface area contributed by atoms with Crippen LogP contribution in [0.3, 0.4) is 0 Å². The number of rotatable bonds is 7. The van der Waals surface area contributed by atoms with Crippen LogP contribution in [0.15, 0.2) is 59.8 Å². The minimum Gasteiger partial charge on any atom is -0.508 e. The molecule has 2 aromatic rings. The molecule has 3 fully saturated rings. The third kappa shape index (κ3) is 5.50. The van der Waals surface area contributed by atoms with E-state index >= 15 is 0 Å². The highest BCUT2D eigenvalue weighted by Crippen LogP contribution is 2.51. The third-order valence-corrected chi connectivity index (χ3v) is 9.38. The summed E-state index contributed by atoms with van der Waals surface area (Å²) in [6.07, 6.45) is 9.84. The average Bonchev–Trinajstić information content (AvgIpc) is 3.25. The van der Waals surface area contributed by atoms with Crippen molar-refractivity contribution in [2.24, 2.45) is 17.8 Å². The molecule has 3 heterocycles. The summed E-state index contributed by atoms with van der Waals surface area (Å²) < 4.78 is 6.09. The van der Waals surface area contributed by atoms with Gasteiger partial charge in [-0.05, 0) is 97.0 Å². The number of aromatic hydroxyl groups is 1. The number of fused-ring (bicyclic) bond motifs is 3. The minimum atomic E-state index is -1.06. The van der Waals surface area contributed by atoms with Crippen molar-refractivity contribution < 1.29 is 29.5 Å². The van der Waals surface area contributed by atoms with Gasteiger partial charge in [0.2, 0.25) is 11.8 Å². The number of benzene rings is 1. The van der Waals surface area contributed by atoms with Crippen LogP contribution < -0.4 is 0 Å². The van der Waals surface area contributed by atoms with Crippen LogP contribution in [0, 0.1) is 17.8 Å². The molecule has 4 atom stereocenters. The lowest BCUT2D eigenvalue weighted by Gasteiger charge is -2.43. The number of aromatic nitrogens is 1. The number of imide groups is 1. The van der Waals surface area contributed by atoms with Gasteiger partial charge in [0.05, 0.1) is 30.2 Å². The summed E-state index contributed by atoms with van der Waals surface area (Å²) in [5.74, 6) is -1.36. The smallest absolute Gasteiger partial charge is 0.455 e. The SMILES string of the molecule is O=C1[C@@H]2[C@@H](CC(CO)=C3[C@@H](CC/C(=C/c4ccc(O)cc4)c4ccccn4)OB(O)C[C@@H]32)C(=O)N1C1CCCCC1. The first-order valence-electron chi connectivity index (χ1n) is 14.9. The van der Waals surface area contributed by atoms with Crippen molar-refractivity contribution in [2.75, 3.05) is 6.61 Å². The monoisotopic (exact) mass is 556 g/mol. The summed E-state index contributed by atoms with van der Waals surface area (Å²) in [5, 5.41) is 31.0. The van der Waals surface area contributed by atoms with Crippen LogP contribution in [0.5, 0.6) is 5.75 Å². The Balaban J connectivity index is 1.29. The molecule has 8 nitrogen and oxygen atoms in total. The number of amides is 2. The molecule has 0 bridgehead atoms. The molecule has 0 unspecified atom stereocenters. The Morgan fingerprint density at radius 2 is 1.83 bits per heavy atom. The first kappa shape index (κ1) is 27.9. The van der Waals surface area contributed by atoms with Crippen molar-refractivity contribution in [3.05, 3.63) is 71.1 Å². The van der Waals surface area contributed by atoms with Gasteiger partial charge in [0, 0.05) is 12.2 Å². The summed E-state index contributed by atoms with van der Waals surface area (Å²) >= 11 is 0. The van der Waals surface area contributed by atoms with Crippen LogP contribution >= 0.6 is 0 Å². The van der Waals surface area contributed by atoms with Crippen LogP contribution in [0.25, 0.3) is 11.6 Å². The summed E-state index contributed by atoms with van der Waals surface area (Å²) in [6.45, 7) is -0.202. The molecule has 1 aromatic carbocycles. The van der Waals surface area contributed by atoms with Gasteiger partial charge in [0.15, 0.2) is 0 Å². The van der Waals surface area contributed by atoms with Gasteiger partial charge < -0.3 is 19.9 Å². The molecular formula is C32H37BN2O6. The molecule has 9 heteroatoms. The number of allylic oxidation sites excluding steroid dienone is 1. The predicted molar refractivity (Wildman–Crippen MR) is 155 cm³/mol. The molecule has 0 spiro atoms. The number of hydrogen-bond donors (Lipinski definition) is 3. The molecule has 2 aliphatic carbocycles. The van der Waals surface area contributed by atoms with Crippen molar-refractivity contribution in [3.63, 3.8) is 0 Å². The summed E-state index contributed by atoms with van der Waals surface area (Å²) in [4.78, 5) is 33.5. The summed E-state index contributed by atoms with van der Waals surface area (Å²) in [5.41, 5.74) is 4.34. The first-order valence-corrected chi connectivity index (χ1v) is 14.9. The molecule has 0 radical (unpaired) electrons. The van der Waals surface area contributed by atoms with Crippen LogP contribution in [-0.2, 0) is 14.2 Å². The Labute approximate surface area is 240 Å². The van der Waals surface area contributed by atoms with Crippen molar-refractivity contribution in [3.8, 4) is 5.75 Å². The number of hydrogen-bond acceptors (Lipinski definition) is 7. The number of nitrogens with zero attached hydrogens (tertiary/aromatic N) is 2. The van der Waals surface area contributed by atoms with Crippen LogP contribution in [0.1, 0.15) is 62.6 Å². The molecular weight excluding hydrogens is 519 g/mol. The lowest BCUT2D eigenvalue weighted by Crippen LogP contribution is -2.47. The Bertz CT molecular complexity index is 1340. The minimum absolute atomic E-state index is 0.0399. The fourth-order valence-corrected chi connectivity index (χ4v) is 7.52. The van der Waals surface area contributed by atoms with Crippen molar-refractivity contribution in [1.82, 2.24) is 9.88 Å². The van der Waals surface area contributed by atoms with E-state index in [9.17, 15) is 24.8 Å². The molecule has 214 valence electrons. The van der Waals surface area contributed by atoms with Crippen molar-refractivity contribution in [1.29, 1.82) is 0 Å². The van der Waals surface area contributed by atoms with E-state index in [1.807, 2.05) is 36.4 Å². The van der Waals surface area contributed by atoms with Gasteiger partial charge in [-0.15, -0.1) is 0 Å². The third-order valence-electron chi connectivity index (χ3n) is 9.38. The lowest BCUT2D eigenvalue weighted by atomic mass is 9.58. The van der Waals surface area contributed by atoms with Crippen LogP contribution in [0.2, 0.25) is 6.32 Å². The number of carbonyl (C=O) groups is 2. The molecule has 2 aliphatic heterocycles. The van der Waals surface area contributed by atoms with Crippen molar-refractivity contribution >= 4 is 30.6 Å². The maximum absolute atomic E-state index is 13.9. The second kappa shape index (κ2) is 11.9. The van der Waals surface area contributed by atoms with Crippen LogP contribution in [0.4, 0.5) is 0 Å². The zero-order valence-corrected chi connectivity index (χ0v) is 23.2. The van der Waals surface area contributed by atoms with E-state index in [0.29, 0.717) is 19.3 Å². The highest BCUT2D eigenvalue weighted by atomic mass is 16.5. The van der Waals surface area contributed by atoms with Gasteiger partial charge in [-0.25, -0.2) is 0 Å². The van der Waals surface area contributed by atoms with E-state index in [4.69, 9.17) is 4.65 Å². The first-order chi connectivity index (χ1) is 19.9. The summed E-state index contributed by atoms with van der Waals surface area (Å²) in [7, 11) is -1.06. The van der Waals surface area contributed by atoms with E-state index in [2.05, 4.69) is 4.98 Å². The number of phenolic OH excluding ortho intramolecular Hbond substituents is 1. The largest absolute Gasteiger partial charge is 0.508 e. The topological polar surface area (TPSA) is 120 Å². The number of aliphatic hydroxyl groups is 1. The maximum atomic E-state index is 13.9. The molecule has 1 saturated carbocycles. The number of pyridine rings is 1. The number of phenols is 1. The van der Waals surface area contributed by atoms with Gasteiger partial charge in [0.25, 0.3) is 0 Å². The Hall–Kier alpha value is -3.27. The Kier molecular flexibility index (Phi) is 8.11. The second-order valence-electron chi connectivity index (χ2n) is 11.8. The maximum Gasteiger partial charge on any atom is 0.455 e. The highest BCUT2D eigenvalue weighted by molar-refractivity contribution is 6.43. The molecule has 4 aliphatic rings. The second-order valence-corrected chi connectivity index (χ2v) is 11.8. The van der Waals surface area contributed by atoms with E-state index in [-0.39, 0.29) is 42.5 Å². The number of aliphatic hydroxyl groups excluding tert-OH is 1. The summed E-state index contributed by atoms with van der Waals surface area (Å²) in [6, 6.07) is 12.6. The van der Waals surface area contributed by atoms with E-state index in [0.717, 1.165) is 60.1 Å². The molecule has 41 heavy (non-hydrogen) atoms. The molecule has 1 aromatic heterocycles. The quantitative estimate of drug-likeness (QED) is 0.265. The van der Waals surface area contributed by atoms with E-state index < -0.39 is 25.1 Å². The number of likely N-dealkylation sites (tertiary alicyclic amines) is 1.